The molecule has 0 aromatic heterocycles. The van der Waals surface area contributed by atoms with Gasteiger partial charge in [0.1, 0.15) is 12.4 Å². The van der Waals surface area contributed by atoms with Gasteiger partial charge in [0.25, 0.3) is 0 Å². The summed E-state index contributed by atoms with van der Waals surface area (Å²) in [6.07, 6.45) is 0.222. The summed E-state index contributed by atoms with van der Waals surface area (Å²) in [5.41, 5.74) is 0.306. The third-order valence-corrected chi connectivity index (χ3v) is 4.19. The highest BCUT2D eigenvalue weighted by Gasteiger charge is 2.51. The van der Waals surface area contributed by atoms with Crippen LogP contribution in [0.15, 0.2) is 24.3 Å². The highest BCUT2D eigenvalue weighted by molar-refractivity contribution is 6.62. The third kappa shape index (κ3) is 4.03. The van der Waals surface area contributed by atoms with E-state index in [1.54, 1.807) is 0 Å². The van der Waals surface area contributed by atoms with Crippen molar-refractivity contribution < 1.29 is 18.8 Å². The molecule has 0 aliphatic carbocycles. The van der Waals surface area contributed by atoms with Crippen molar-refractivity contribution in [2.45, 2.75) is 58.8 Å². The second kappa shape index (κ2) is 6.61. The van der Waals surface area contributed by atoms with Crippen LogP contribution >= 0.6 is 0 Å². The van der Waals surface area contributed by atoms with Crippen LogP contribution in [0.2, 0.25) is 0 Å². The van der Waals surface area contributed by atoms with Crippen LogP contribution in [0.4, 0.5) is 0 Å². The lowest BCUT2D eigenvalue weighted by molar-refractivity contribution is 0.00578. The van der Waals surface area contributed by atoms with Crippen LogP contribution in [0, 0.1) is 0 Å². The van der Waals surface area contributed by atoms with Crippen LogP contribution < -0.4 is 10.2 Å². The summed E-state index contributed by atoms with van der Waals surface area (Å²) in [6, 6.07) is 7.86. The van der Waals surface area contributed by atoms with E-state index in [-0.39, 0.29) is 24.4 Å². The minimum atomic E-state index is -0.361. The molecule has 0 spiro atoms. The minimum absolute atomic E-state index is 0.222. The van der Waals surface area contributed by atoms with Crippen molar-refractivity contribution in [3.05, 3.63) is 24.3 Å². The van der Waals surface area contributed by atoms with Crippen LogP contribution in [-0.2, 0) is 14.0 Å². The topological polar surface area (TPSA) is 36.9 Å². The monoisotopic (exact) mass is 306 g/mol. The van der Waals surface area contributed by atoms with Gasteiger partial charge in [-0.1, -0.05) is 12.1 Å². The highest BCUT2D eigenvalue weighted by atomic mass is 16.7. The van der Waals surface area contributed by atoms with Gasteiger partial charge in [-0.25, -0.2) is 0 Å². The smallest absolute Gasteiger partial charge is 0.491 e. The Balaban J connectivity index is 1.98. The zero-order valence-electron chi connectivity index (χ0n) is 14.5. The third-order valence-electron chi connectivity index (χ3n) is 4.19. The van der Waals surface area contributed by atoms with Crippen molar-refractivity contribution in [1.29, 1.82) is 0 Å². The number of ether oxygens (including phenoxy) is 2. The van der Waals surface area contributed by atoms with E-state index < -0.39 is 0 Å². The van der Waals surface area contributed by atoms with E-state index in [0.717, 1.165) is 11.2 Å². The van der Waals surface area contributed by atoms with E-state index in [9.17, 15) is 0 Å². The van der Waals surface area contributed by atoms with Crippen molar-refractivity contribution in [3.63, 3.8) is 0 Å². The van der Waals surface area contributed by atoms with E-state index in [1.807, 2.05) is 38.1 Å². The summed E-state index contributed by atoms with van der Waals surface area (Å²) in [6.45, 7) is 13.3. The second-order valence-corrected chi connectivity index (χ2v) is 6.93. The zero-order chi connectivity index (χ0) is 16.4. The van der Waals surface area contributed by atoms with Crippen molar-refractivity contribution in [3.8, 4) is 5.75 Å². The van der Waals surface area contributed by atoms with Gasteiger partial charge in [-0.15, -0.1) is 0 Å². The Morgan fingerprint density at radius 2 is 1.68 bits per heavy atom. The molecule has 2 rings (SSSR count). The Hall–Kier alpha value is -1.04. The molecule has 1 aliphatic rings. The van der Waals surface area contributed by atoms with Gasteiger partial charge < -0.3 is 18.8 Å². The maximum Gasteiger partial charge on any atom is 0.494 e. The van der Waals surface area contributed by atoms with Crippen molar-refractivity contribution in [2.24, 2.45) is 0 Å². The largest absolute Gasteiger partial charge is 0.494 e. The average molecular weight is 306 g/mol. The lowest BCUT2D eigenvalue weighted by Gasteiger charge is -2.32. The van der Waals surface area contributed by atoms with E-state index in [4.69, 9.17) is 18.8 Å². The van der Waals surface area contributed by atoms with Gasteiger partial charge in [0.05, 0.1) is 23.9 Å². The molecule has 5 heteroatoms. The van der Waals surface area contributed by atoms with Crippen molar-refractivity contribution >= 4 is 12.6 Å². The number of rotatable bonds is 6. The molecule has 0 bridgehead atoms. The van der Waals surface area contributed by atoms with Crippen molar-refractivity contribution in [2.75, 3.05) is 13.2 Å². The Morgan fingerprint density at radius 3 is 2.27 bits per heavy atom. The first-order chi connectivity index (χ1) is 10.2. The van der Waals surface area contributed by atoms with Crippen LogP contribution in [0.25, 0.3) is 0 Å². The van der Waals surface area contributed by atoms with Gasteiger partial charge in [0, 0.05) is 0 Å². The molecule has 1 heterocycles. The molecule has 1 fully saturated rings. The predicted octanol–water partition coefficient (Wildman–Crippen LogP) is 2.79. The van der Waals surface area contributed by atoms with Crippen LogP contribution in [0.1, 0.15) is 41.5 Å². The van der Waals surface area contributed by atoms with Gasteiger partial charge in [-0.3, -0.25) is 0 Å². The van der Waals surface area contributed by atoms with Gasteiger partial charge in [0.2, 0.25) is 0 Å². The first kappa shape index (κ1) is 17.3. The van der Waals surface area contributed by atoms with E-state index >= 15 is 0 Å². The summed E-state index contributed by atoms with van der Waals surface area (Å²) in [7, 11) is -0.361. The van der Waals surface area contributed by atoms with Gasteiger partial charge in [-0.05, 0) is 59.1 Å². The molecule has 0 radical (unpaired) electrons. The van der Waals surface area contributed by atoms with Crippen LogP contribution in [0.5, 0.6) is 5.75 Å². The average Bonchev–Trinajstić information content (AvgIpc) is 2.64. The number of benzene rings is 1. The van der Waals surface area contributed by atoms with Crippen LogP contribution in [0.3, 0.4) is 0 Å². The molecule has 0 N–H and O–H groups in total. The normalized spacial score (nSPS) is 19.7. The molecule has 0 unspecified atom stereocenters. The lowest BCUT2D eigenvalue weighted by atomic mass is 9.79. The fourth-order valence-corrected chi connectivity index (χ4v) is 2.17. The number of hydrogen-bond acceptors (Lipinski definition) is 4. The second-order valence-electron chi connectivity index (χ2n) is 6.93. The van der Waals surface area contributed by atoms with Crippen LogP contribution in [-0.4, -0.2) is 37.6 Å². The molecule has 1 aromatic rings. The molecule has 0 saturated carbocycles. The van der Waals surface area contributed by atoms with Gasteiger partial charge in [0.15, 0.2) is 0 Å². The molecule has 4 nitrogen and oxygen atoms in total. The Kier molecular flexibility index (Phi) is 5.20. The molecule has 1 aromatic carbocycles. The quantitative estimate of drug-likeness (QED) is 0.598. The fourth-order valence-electron chi connectivity index (χ4n) is 2.17. The zero-order valence-corrected chi connectivity index (χ0v) is 14.5. The summed E-state index contributed by atoms with van der Waals surface area (Å²) < 4.78 is 23.3. The maximum absolute atomic E-state index is 6.06. The fraction of sp³-hybridized carbons (Fsp3) is 0.647. The Bertz CT molecular complexity index is 483. The minimum Gasteiger partial charge on any atom is -0.491 e. The van der Waals surface area contributed by atoms with E-state index in [0.29, 0.717) is 13.2 Å². The summed E-state index contributed by atoms with van der Waals surface area (Å²) >= 11 is 0. The first-order valence-electron chi connectivity index (χ1n) is 7.91. The SMILES string of the molecule is CC(C)OCCOc1cccc(B2OC(C)(C)C(C)(C)O2)c1. The van der Waals surface area contributed by atoms with E-state index in [2.05, 4.69) is 27.7 Å². The molecule has 0 atom stereocenters. The lowest BCUT2D eigenvalue weighted by Crippen LogP contribution is -2.41. The maximum atomic E-state index is 6.06. The summed E-state index contributed by atoms with van der Waals surface area (Å²) in [5.74, 6) is 0.805. The summed E-state index contributed by atoms with van der Waals surface area (Å²) in [4.78, 5) is 0. The van der Waals surface area contributed by atoms with Crippen molar-refractivity contribution in [1.82, 2.24) is 0 Å². The summed E-state index contributed by atoms with van der Waals surface area (Å²) in [5, 5.41) is 0. The highest BCUT2D eigenvalue weighted by Crippen LogP contribution is 2.36. The molecular formula is C17H27BO4. The number of hydrogen-bond donors (Lipinski definition) is 0. The first-order valence-corrected chi connectivity index (χ1v) is 7.91. The molecule has 122 valence electrons. The van der Waals surface area contributed by atoms with Gasteiger partial charge >= 0.3 is 7.12 Å². The molecule has 22 heavy (non-hydrogen) atoms. The molecular weight excluding hydrogens is 279 g/mol. The Morgan fingerprint density at radius 1 is 1.05 bits per heavy atom. The van der Waals surface area contributed by atoms with Gasteiger partial charge in [-0.2, -0.15) is 0 Å². The predicted molar refractivity (Wildman–Crippen MR) is 88.7 cm³/mol. The molecule has 1 saturated heterocycles. The molecule has 0 amide bonds. The van der Waals surface area contributed by atoms with E-state index in [1.165, 1.54) is 0 Å². The standard InChI is InChI=1S/C17H27BO4/c1-13(2)19-10-11-20-15-9-7-8-14(12-15)18-21-16(3,4)17(5,6)22-18/h7-9,12-13H,10-11H2,1-6H3. The Labute approximate surface area is 134 Å². The molecule has 1 aliphatic heterocycles.